The molecule has 0 amide bonds. The van der Waals surface area contributed by atoms with Gasteiger partial charge in [-0.05, 0) is 47.4 Å². The predicted octanol–water partition coefficient (Wildman–Crippen LogP) is 4.16. The number of aryl methyl sites for hydroxylation is 1. The van der Waals surface area contributed by atoms with E-state index in [-0.39, 0.29) is 5.82 Å². The van der Waals surface area contributed by atoms with Crippen LogP contribution in [0.25, 0.3) is 11.1 Å². The molecule has 0 saturated carbocycles. The Morgan fingerprint density at radius 2 is 1.74 bits per heavy atom. The quantitative estimate of drug-likeness (QED) is 0.848. The topological polar surface area (TPSA) is 12.0 Å². The van der Waals surface area contributed by atoms with Crippen LogP contribution in [0.3, 0.4) is 0 Å². The van der Waals surface area contributed by atoms with Crippen molar-refractivity contribution < 1.29 is 4.39 Å². The number of hydrogen-bond acceptors (Lipinski definition) is 1. The van der Waals surface area contributed by atoms with E-state index in [1.54, 1.807) is 6.07 Å². The fourth-order valence-electron chi connectivity index (χ4n) is 2.15. The maximum Gasteiger partial charge on any atom is 0.123 e. The van der Waals surface area contributed by atoms with E-state index >= 15 is 0 Å². The predicted molar refractivity (Wildman–Crippen MR) is 78.6 cm³/mol. The van der Waals surface area contributed by atoms with Crippen LogP contribution < -0.4 is 5.32 Å². The van der Waals surface area contributed by atoms with Crippen molar-refractivity contribution >= 4 is 0 Å². The molecule has 0 unspecified atom stereocenters. The van der Waals surface area contributed by atoms with Gasteiger partial charge in [0.25, 0.3) is 0 Å². The van der Waals surface area contributed by atoms with E-state index in [1.165, 1.54) is 11.6 Å². The van der Waals surface area contributed by atoms with E-state index < -0.39 is 0 Å². The second-order valence-corrected chi connectivity index (χ2v) is 4.63. The maximum atomic E-state index is 13.5. The van der Waals surface area contributed by atoms with Crippen LogP contribution in [0.1, 0.15) is 25.0 Å². The molecule has 0 fully saturated rings. The van der Waals surface area contributed by atoms with Gasteiger partial charge in [0.2, 0.25) is 0 Å². The summed E-state index contributed by atoms with van der Waals surface area (Å²) in [5.74, 6) is -0.185. The number of benzene rings is 2. The first-order valence-corrected chi connectivity index (χ1v) is 6.83. The van der Waals surface area contributed by atoms with Gasteiger partial charge >= 0.3 is 0 Å². The third kappa shape index (κ3) is 3.42. The standard InChI is InChI=1S/C17H20FN/c1-3-13-5-7-14(8-6-13)17-11-16(18)10-9-15(17)12-19-4-2/h5-11,19H,3-4,12H2,1-2H3. The second-order valence-electron chi connectivity index (χ2n) is 4.63. The van der Waals surface area contributed by atoms with E-state index in [9.17, 15) is 4.39 Å². The molecule has 0 aliphatic heterocycles. The zero-order chi connectivity index (χ0) is 13.7. The molecule has 0 aliphatic carbocycles. The van der Waals surface area contributed by atoms with Gasteiger partial charge in [-0.15, -0.1) is 0 Å². The Bertz CT molecular complexity index is 531. The zero-order valence-corrected chi connectivity index (χ0v) is 11.5. The Balaban J connectivity index is 2.37. The van der Waals surface area contributed by atoms with E-state index in [0.717, 1.165) is 36.2 Å². The Hall–Kier alpha value is -1.67. The summed E-state index contributed by atoms with van der Waals surface area (Å²) in [6, 6.07) is 13.4. The van der Waals surface area contributed by atoms with Crippen LogP contribution >= 0.6 is 0 Å². The van der Waals surface area contributed by atoms with E-state index in [2.05, 4.69) is 43.4 Å². The normalized spacial score (nSPS) is 10.7. The monoisotopic (exact) mass is 257 g/mol. The van der Waals surface area contributed by atoms with Crippen LogP contribution in [0, 0.1) is 5.82 Å². The fraction of sp³-hybridized carbons (Fsp3) is 0.294. The van der Waals surface area contributed by atoms with Crippen LogP contribution in [0.2, 0.25) is 0 Å². The number of halogens is 1. The first kappa shape index (κ1) is 13.8. The van der Waals surface area contributed by atoms with E-state index in [0.29, 0.717) is 0 Å². The van der Waals surface area contributed by atoms with Gasteiger partial charge in [0, 0.05) is 6.54 Å². The van der Waals surface area contributed by atoms with E-state index in [1.807, 2.05) is 6.07 Å². The highest BCUT2D eigenvalue weighted by molar-refractivity contribution is 5.67. The lowest BCUT2D eigenvalue weighted by molar-refractivity contribution is 0.626. The largest absolute Gasteiger partial charge is 0.313 e. The summed E-state index contributed by atoms with van der Waals surface area (Å²) in [6.07, 6.45) is 1.02. The summed E-state index contributed by atoms with van der Waals surface area (Å²) < 4.78 is 13.5. The minimum Gasteiger partial charge on any atom is -0.313 e. The van der Waals surface area contributed by atoms with Gasteiger partial charge in [-0.2, -0.15) is 0 Å². The molecule has 0 radical (unpaired) electrons. The van der Waals surface area contributed by atoms with Crippen molar-refractivity contribution in [2.45, 2.75) is 26.8 Å². The molecule has 1 N–H and O–H groups in total. The number of nitrogens with one attached hydrogen (secondary N) is 1. The highest BCUT2D eigenvalue weighted by Gasteiger charge is 2.06. The lowest BCUT2D eigenvalue weighted by atomic mass is 9.98. The molecule has 2 rings (SSSR count). The smallest absolute Gasteiger partial charge is 0.123 e. The molecular weight excluding hydrogens is 237 g/mol. The van der Waals surface area contributed by atoms with Crippen molar-refractivity contribution in [3.05, 3.63) is 59.4 Å². The van der Waals surface area contributed by atoms with Crippen LogP contribution in [-0.2, 0) is 13.0 Å². The minimum atomic E-state index is -0.185. The van der Waals surface area contributed by atoms with Crippen LogP contribution in [0.4, 0.5) is 4.39 Å². The van der Waals surface area contributed by atoms with Crippen molar-refractivity contribution in [2.75, 3.05) is 6.54 Å². The minimum absolute atomic E-state index is 0.185. The molecule has 0 aliphatic rings. The van der Waals surface area contributed by atoms with Crippen LogP contribution in [0.5, 0.6) is 0 Å². The average Bonchev–Trinajstić information content (AvgIpc) is 2.46. The van der Waals surface area contributed by atoms with Crippen molar-refractivity contribution in [1.29, 1.82) is 0 Å². The fourth-order valence-corrected chi connectivity index (χ4v) is 2.15. The van der Waals surface area contributed by atoms with E-state index in [4.69, 9.17) is 0 Å². The molecule has 2 heteroatoms. The van der Waals surface area contributed by atoms with Gasteiger partial charge in [0.05, 0.1) is 0 Å². The van der Waals surface area contributed by atoms with Gasteiger partial charge in [-0.25, -0.2) is 4.39 Å². The summed E-state index contributed by atoms with van der Waals surface area (Å²) >= 11 is 0. The van der Waals surface area contributed by atoms with Gasteiger partial charge in [-0.3, -0.25) is 0 Å². The SMILES string of the molecule is CCNCc1ccc(F)cc1-c1ccc(CC)cc1. The van der Waals surface area contributed by atoms with Crippen molar-refractivity contribution in [1.82, 2.24) is 5.32 Å². The molecule has 0 bridgehead atoms. The Morgan fingerprint density at radius 3 is 2.37 bits per heavy atom. The summed E-state index contributed by atoms with van der Waals surface area (Å²) in [5.41, 5.74) is 4.48. The lowest BCUT2D eigenvalue weighted by Gasteiger charge is -2.11. The van der Waals surface area contributed by atoms with Crippen molar-refractivity contribution in [3.63, 3.8) is 0 Å². The summed E-state index contributed by atoms with van der Waals surface area (Å²) in [4.78, 5) is 0. The summed E-state index contributed by atoms with van der Waals surface area (Å²) in [6.45, 7) is 5.88. The van der Waals surface area contributed by atoms with Gasteiger partial charge in [0.15, 0.2) is 0 Å². The average molecular weight is 257 g/mol. The lowest BCUT2D eigenvalue weighted by Crippen LogP contribution is -2.12. The first-order valence-electron chi connectivity index (χ1n) is 6.83. The molecule has 0 saturated heterocycles. The molecule has 0 aromatic heterocycles. The molecule has 19 heavy (non-hydrogen) atoms. The maximum absolute atomic E-state index is 13.5. The Morgan fingerprint density at radius 1 is 1.00 bits per heavy atom. The van der Waals surface area contributed by atoms with Crippen molar-refractivity contribution in [2.24, 2.45) is 0 Å². The van der Waals surface area contributed by atoms with Gasteiger partial charge < -0.3 is 5.32 Å². The molecule has 100 valence electrons. The third-order valence-electron chi connectivity index (χ3n) is 3.31. The Labute approximate surface area is 114 Å². The second kappa shape index (κ2) is 6.48. The van der Waals surface area contributed by atoms with Gasteiger partial charge in [0.1, 0.15) is 5.82 Å². The van der Waals surface area contributed by atoms with Crippen molar-refractivity contribution in [3.8, 4) is 11.1 Å². The molecule has 2 aromatic carbocycles. The number of rotatable bonds is 5. The molecule has 0 atom stereocenters. The Kier molecular flexibility index (Phi) is 4.69. The van der Waals surface area contributed by atoms with Crippen LogP contribution in [-0.4, -0.2) is 6.54 Å². The molecule has 1 nitrogen and oxygen atoms in total. The number of hydrogen-bond donors (Lipinski definition) is 1. The first-order chi connectivity index (χ1) is 9.24. The highest BCUT2D eigenvalue weighted by Crippen LogP contribution is 2.25. The van der Waals surface area contributed by atoms with Crippen LogP contribution in [0.15, 0.2) is 42.5 Å². The summed E-state index contributed by atoms with van der Waals surface area (Å²) in [5, 5.41) is 3.29. The molecule has 2 aromatic rings. The highest BCUT2D eigenvalue weighted by atomic mass is 19.1. The molecule has 0 heterocycles. The molecular formula is C17H20FN. The third-order valence-corrected chi connectivity index (χ3v) is 3.31. The molecule has 0 spiro atoms. The zero-order valence-electron chi connectivity index (χ0n) is 11.5. The van der Waals surface area contributed by atoms with Gasteiger partial charge in [-0.1, -0.05) is 44.2 Å². The summed E-state index contributed by atoms with van der Waals surface area (Å²) in [7, 11) is 0.